The molecule has 4 rings (SSSR count). The molecule has 1 fully saturated rings. The highest BCUT2D eigenvalue weighted by Gasteiger charge is 2.33. The number of nitrogens with one attached hydrogen (secondary N) is 3. The summed E-state index contributed by atoms with van der Waals surface area (Å²) in [6.45, 7) is 4.11. The Morgan fingerprint density at radius 1 is 1.23 bits per heavy atom. The molecule has 3 N–H and O–H groups in total. The average Bonchev–Trinajstić information content (AvgIpc) is 2.92. The van der Waals surface area contributed by atoms with Gasteiger partial charge < -0.3 is 15.6 Å². The number of anilines is 1. The highest BCUT2D eigenvalue weighted by molar-refractivity contribution is 6.06. The third-order valence-electron chi connectivity index (χ3n) is 5.42. The quantitative estimate of drug-likeness (QED) is 0.675. The standard InChI is InChI=1S/C20H23N5O/c1-11-12(2)24-19-15(11)5-4-6-16(19)20(26)25-14-7-13(8-14)17-9-18(21-3)23-10-22-17/h4-6,9-10,13-14,24H,7-8H2,1-3H3,(H,25,26)(H,21,22,23). The lowest BCUT2D eigenvalue weighted by atomic mass is 9.78. The molecule has 1 aliphatic rings. The maximum absolute atomic E-state index is 12.8. The van der Waals surface area contributed by atoms with E-state index in [1.807, 2.05) is 32.2 Å². The number of aryl methyl sites for hydroxylation is 2. The molecule has 6 nitrogen and oxygen atoms in total. The van der Waals surface area contributed by atoms with Gasteiger partial charge in [0.15, 0.2) is 0 Å². The summed E-state index contributed by atoms with van der Waals surface area (Å²) in [7, 11) is 1.85. The summed E-state index contributed by atoms with van der Waals surface area (Å²) in [6.07, 6.45) is 3.40. The molecule has 3 aromatic rings. The maximum atomic E-state index is 12.8. The number of hydrogen-bond donors (Lipinski definition) is 3. The van der Waals surface area contributed by atoms with Crippen molar-refractivity contribution in [2.45, 2.75) is 38.6 Å². The van der Waals surface area contributed by atoms with E-state index in [9.17, 15) is 4.79 Å². The average molecular weight is 349 g/mol. The minimum atomic E-state index is -0.0149. The van der Waals surface area contributed by atoms with Crippen LogP contribution in [-0.2, 0) is 0 Å². The molecule has 26 heavy (non-hydrogen) atoms. The van der Waals surface area contributed by atoms with Crippen molar-refractivity contribution in [3.8, 4) is 0 Å². The number of amides is 1. The Morgan fingerprint density at radius 3 is 2.81 bits per heavy atom. The fourth-order valence-electron chi connectivity index (χ4n) is 3.64. The molecule has 1 aromatic carbocycles. The van der Waals surface area contributed by atoms with Crippen molar-refractivity contribution in [3.05, 3.63) is 53.1 Å². The zero-order valence-corrected chi connectivity index (χ0v) is 15.3. The zero-order chi connectivity index (χ0) is 18.3. The second-order valence-electron chi connectivity index (χ2n) is 7.02. The van der Waals surface area contributed by atoms with Gasteiger partial charge in [0.1, 0.15) is 12.1 Å². The smallest absolute Gasteiger partial charge is 0.253 e. The lowest BCUT2D eigenvalue weighted by Gasteiger charge is -2.35. The van der Waals surface area contributed by atoms with Crippen LogP contribution in [0.15, 0.2) is 30.6 Å². The van der Waals surface area contributed by atoms with Gasteiger partial charge in [-0.15, -0.1) is 0 Å². The van der Waals surface area contributed by atoms with Crippen LogP contribution in [0.4, 0.5) is 5.82 Å². The van der Waals surface area contributed by atoms with Crippen molar-refractivity contribution in [3.63, 3.8) is 0 Å². The van der Waals surface area contributed by atoms with Gasteiger partial charge in [0.05, 0.1) is 11.1 Å². The van der Waals surface area contributed by atoms with Gasteiger partial charge in [-0.3, -0.25) is 4.79 Å². The number of carbonyl (C=O) groups excluding carboxylic acids is 1. The van der Waals surface area contributed by atoms with Gasteiger partial charge >= 0.3 is 0 Å². The Labute approximate surface area is 152 Å². The zero-order valence-electron chi connectivity index (χ0n) is 15.3. The summed E-state index contributed by atoms with van der Waals surface area (Å²) < 4.78 is 0. The second kappa shape index (κ2) is 6.44. The molecule has 0 radical (unpaired) electrons. The maximum Gasteiger partial charge on any atom is 0.253 e. The van der Waals surface area contributed by atoms with Crippen LogP contribution in [0.3, 0.4) is 0 Å². The normalized spacial score (nSPS) is 19.2. The van der Waals surface area contributed by atoms with Crippen molar-refractivity contribution in [2.75, 3.05) is 12.4 Å². The van der Waals surface area contributed by atoms with E-state index in [4.69, 9.17) is 0 Å². The lowest BCUT2D eigenvalue weighted by Crippen LogP contribution is -2.43. The number of nitrogens with zero attached hydrogens (tertiary/aromatic N) is 2. The first-order valence-corrected chi connectivity index (χ1v) is 8.95. The molecule has 0 unspecified atom stereocenters. The first-order chi connectivity index (χ1) is 12.6. The number of aromatic amines is 1. The molecular weight excluding hydrogens is 326 g/mol. The van der Waals surface area contributed by atoms with E-state index in [-0.39, 0.29) is 11.9 Å². The predicted octanol–water partition coefficient (Wildman–Crippen LogP) is 3.29. The molecule has 134 valence electrons. The number of para-hydroxylation sites is 1. The summed E-state index contributed by atoms with van der Waals surface area (Å²) in [5, 5.41) is 7.31. The van der Waals surface area contributed by atoms with E-state index in [1.165, 1.54) is 5.56 Å². The summed E-state index contributed by atoms with van der Waals surface area (Å²) >= 11 is 0. The van der Waals surface area contributed by atoms with E-state index >= 15 is 0 Å². The van der Waals surface area contributed by atoms with Crippen LogP contribution >= 0.6 is 0 Å². The molecule has 0 spiro atoms. The molecule has 0 saturated heterocycles. The van der Waals surface area contributed by atoms with E-state index in [0.717, 1.165) is 41.0 Å². The van der Waals surface area contributed by atoms with Gasteiger partial charge in [0, 0.05) is 41.8 Å². The van der Waals surface area contributed by atoms with Gasteiger partial charge in [-0.25, -0.2) is 9.97 Å². The van der Waals surface area contributed by atoms with Gasteiger partial charge in [-0.05, 0) is 38.3 Å². The Morgan fingerprint density at radius 2 is 2.04 bits per heavy atom. The fourth-order valence-corrected chi connectivity index (χ4v) is 3.64. The van der Waals surface area contributed by atoms with Crippen molar-refractivity contribution >= 4 is 22.6 Å². The van der Waals surface area contributed by atoms with Gasteiger partial charge in [0.2, 0.25) is 0 Å². The number of aromatic nitrogens is 3. The van der Waals surface area contributed by atoms with Crippen LogP contribution in [0.25, 0.3) is 10.9 Å². The van der Waals surface area contributed by atoms with Crippen LogP contribution in [0, 0.1) is 13.8 Å². The summed E-state index contributed by atoms with van der Waals surface area (Å²) in [5.74, 6) is 1.19. The molecule has 2 aromatic heterocycles. The molecule has 2 heterocycles. The number of fused-ring (bicyclic) bond motifs is 1. The van der Waals surface area contributed by atoms with Crippen LogP contribution in [-0.4, -0.2) is 33.9 Å². The van der Waals surface area contributed by atoms with Crippen LogP contribution in [0.5, 0.6) is 0 Å². The minimum Gasteiger partial charge on any atom is -0.373 e. The Balaban J connectivity index is 1.45. The monoisotopic (exact) mass is 349 g/mol. The summed E-state index contributed by atoms with van der Waals surface area (Å²) in [5.41, 5.74) is 4.97. The van der Waals surface area contributed by atoms with Gasteiger partial charge in [-0.1, -0.05) is 12.1 Å². The summed E-state index contributed by atoms with van der Waals surface area (Å²) in [4.78, 5) is 24.6. The first kappa shape index (κ1) is 16.6. The predicted molar refractivity (Wildman–Crippen MR) is 103 cm³/mol. The molecule has 0 bridgehead atoms. The van der Waals surface area contributed by atoms with Crippen LogP contribution in [0.2, 0.25) is 0 Å². The third-order valence-corrected chi connectivity index (χ3v) is 5.42. The number of carbonyl (C=O) groups is 1. The van der Waals surface area contributed by atoms with Crippen molar-refractivity contribution < 1.29 is 4.79 Å². The number of hydrogen-bond acceptors (Lipinski definition) is 4. The van der Waals surface area contributed by atoms with Crippen molar-refractivity contribution in [1.29, 1.82) is 0 Å². The number of rotatable bonds is 4. The third kappa shape index (κ3) is 2.81. The van der Waals surface area contributed by atoms with E-state index in [1.54, 1.807) is 6.33 Å². The molecular formula is C20H23N5O. The second-order valence-corrected chi connectivity index (χ2v) is 7.02. The lowest BCUT2D eigenvalue weighted by molar-refractivity contribution is 0.0909. The Bertz CT molecular complexity index is 971. The van der Waals surface area contributed by atoms with Gasteiger partial charge in [0.25, 0.3) is 5.91 Å². The summed E-state index contributed by atoms with van der Waals surface area (Å²) in [6, 6.07) is 8.05. The SMILES string of the molecule is CNc1cc(C2CC(NC(=O)c3cccc4c(C)c(C)[nH]c34)C2)ncn1. The highest BCUT2D eigenvalue weighted by Crippen LogP contribution is 2.36. The van der Waals surface area contributed by atoms with Crippen LogP contribution in [0.1, 0.15) is 46.1 Å². The highest BCUT2D eigenvalue weighted by atomic mass is 16.1. The Hall–Kier alpha value is -2.89. The molecule has 6 heteroatoms. The van der Waals surface area contributed by atoms with E-state index < -0.39 is 0 Å². The first-order valence-electron chi connectivity index (χ1n) is 8.95. The van der Waals surface area contributed by atoms with Crippen LogP contribution < -0.4 is 10.6 Å². The van der Waals surface area contributed by atoms with E-state index in [0.29, 0.717) is 11.5 Å². The molecule has 0 aliphatic heterocycles. The van der Waals surface area contributed by atoms with E-state index in [2.05, 4.69) is 38.6 Å². The largest absolute Gasteiger partial charge is 0.373 e. The van der Waals surface area contributed by atoms with Gasteiger partial charge in [-0.2, -0.15) is 0 Å². The fraction of sp³-hybridized carbons (Fsp3) is 0.350. The molecule has 0 atom stereocenters. The van der Waals surface area contributed by atoms with Crippen molar-refractivity contribution in [1.82, 2.24) is 20.3 Å². The minimum absolute atomic E-state index is 0.0149. The topological polar surface area (TPSA) is 82.7 Å². The van der Waals surface area contributed by atoms with Crippen molar-refractivity contribution in [2.24, 2.45) is 0 Å². The Kier molecular flexibility index (Phi) is 4.11. The molecule has 1 aliphatic carbocycles. The number of H-pyrrole nitrogens is 1. The molecule has 1 saturated carbocycles. The number of benzene rings is 1. The molecule has 1 amide bonds.